The number of rotatable bonds is 4. The first-order chi connectivity index (χ1) is 12.8. The van der Waals surface area contributed by atoms with E-state index in [-0.39, 0.29) is 18.0 Å². The molecule has 0 radical (unpaired) electrons. The predicted molar refractivity (Wildman–Crippen MR) is 109 cm³/mol. The first-order valence-corrected chi connectivity index (χ1v) is 9.60. The number of aryl methyl sites for hydroxylation is 2. The second-order valence-electron chi connectivity index (χ2n) is 7.30. The Morgan fingerprint density at radius 3 is 2.63 bits per heavy atom. The lowest BCUT2D eigenvalue weighted by Gasteiger charge is -2.32. The molecule has 2 aromatic rings. The van der Waals surface area contributed by atoms with Gasteiger partial charge in [-0.3, -0.25) is 14.2 Å². The number of carbonyl (C=O) groups is 1. The van der Waals surface area contributed by atoms with Crippen molar-refractivity contribution in [2.75, 3.05) is 23.3 Å². The van der Waals surface area contributed by atoms with Crippen LogP contribution in [-0.2, 0) is 11.3 Å². The molecule has 7 heteroatoms. The molecular weight excluding hydrogens is 364 g/mol. The summed E-state index contributed by atoms with van der Waals surface area (Å²) in [5.74, 6) is 0.958. The molecule has 1 N–H and O–H groups in total. The second kappa shape index (κ2) is 8.13. The Kier molecular flexibility index (Phi) is 5.85. The Bertz CT molecular complexity index is 901. The normalized spacial score (nSPS) is 15.0. The van der Waals surface area contributed by atoms with Gasteiger partial charge in [0.15, 0.2) is 0 Å². The number of hydrogen-bond acceptors (Lipinski definition) is 4. The van der Waals surface area contributed by atoms with Crippen LogP contribution >= 0.6 is 11.6 Å². The molecule has 27 heavy (non-hydrogen) atoms. The molecule has 1 saturated heterocycles. The molecule has 0 unspecified atom stereocenters. The van der Waals surface area contributed by atoms with Crippen LogP contribution in [0.25, 0.3) is 0 Å². The molecule has 0 saturated carbocycles. The fraction of sp³-hybridized carbons (Fsp3) is 0.450. The van der Waals surface area contributed by atoms with E-state index in [9.17, 15) is 9.59 Å². The minimum atomic E-state index is -0.283. The Balaban J connectivity index is 1.82. The zero-order valence-electron chi connectivity index (χ0n) is 16.0. The summed E-state index contributed by atoms with van der Waals surface area (Å²) in [4.78, 5) is 31.7. The van der Waals surface area contributed by atoms with Crippen molar-refractivity contribution in [2.24, 2.45) is 5.92 Å². The van der Waals surface area contributed by atoms with Crippen LogP contribution in [0.1, 0.15) is 31.0 Å². The van der Waals surface area contributed by atoms with E-state index in [1.54, 1.807) is 19.1 Å². The van der Waals surface area contributed by atoms with Crippen LogP contribution in [0.5, 0.6) is 0 Å². The first kappa shape index (κ1) is 19.4. The molecule has 6 nitrogen and oxygen atoms in total. The van der Waals surface area contributed by atoms with Crippen LogP contribution in [0.3, 0.4) is 0 Å². The van der Waals surface area contributed by atoms with Crippen LogP contribution in [0.15, 0.2) is 29.1 Å². The molecule has 1 aromatic heterocycles. The fourth-order valence-corrected chi connectivity index (χ4v) is 3.40. The Hall–Kier alpha value is -2.34. The number of halogens is 1. The highest BCUT2D eigenvalue weighted by molar-refractivity contribution is 6.31. The largest absolute Gasteiger partial charge is 0.342 e. The van der Waals surface area contributed by atoms with Crippen molar-refractivity contribution in [1.29, 1.82) is 0 Å². The molecule has 1 aliphatic heterocycles. The maximum absolute atomic E-state index is 12.5. The van der Waals surface area contributed by atoms with Gasteiger partial charge in [-0.2, -0.15) is 0 Å². The minimum absolute atomic E-state index is 0.0843. The number of nitrogens with one attached hydrogen (secondary N) is 1. The summed E-state index contributed by atoms with van der Waals surface area (Å²) < 4.78 is 1.45. The zero-order chi connectivity index (χ0) is 19.6. The number of nitrogens with zero attached hydrogens (tertiary/aromatic N) is 3. The van der Waals surface area contributed by atoms with Crippen LogP contribution in [-0.4, -0.2) is 28.5 Å². The molecule has 0 bridgehead atoms. The summed E-state index contributed by atoms with van der Waals surface area (Å²) in [5.41, 5.74) is 2.00. The molecule has 3 rings (SSSR count). The van der Waals surface area contributed by atoms with E-state index in [1.165, 1.54) is 10.6 Å². The molecule has 0 spiro atoms. The van der Waals surface area contributed by atoms with E-state index in [0.717, 1.165) is 31.5 Å². The Labute approximate surface area is 164 Å². The molecule has 0 aliphatic carbocycles. The van der Waals surface area contributed by atoms with Gasteiger partial charge in [0.2, 0.25) is 11.9 Å². The van der Waals surface area contributed by atoms with Crippen molar-refractivity contribution in [3.63, 3.8) is 0 Å². The summed E-state index contributed by atoms with van der Waals surface area (Å²) in [6.45, 7) is 7.53. The molecule has 144 valence electrons. The van der Waals surface area contributed by atoms with Crippen molar-refractivity contribution < 1.29 is 4.79 Å². The Morgan fingerprint density at radius 2 is 1.96 bits per heavy atom. The lowest BCUT2D eigenvalue weighted by Crippen LogP contribution is -2.39. The number of hydrogen-bond donors (Lipinski definition) is 1. The van der Waals surface area contributed by atoms with Gasteiger partial charge in [-0.15, -0.1) is 0 Å². The van der Waals surface area contributed by atoms with Crippen molar-refractivity contribution in [2.45, 2.75) is 40.2 Å². The quantitative estimate of drug-likeness (QED) is 0.871. The van der Waals surface area contributed by atoms with E-state index in [2.05, 4.69) is 22.1 Å². The van der Waals surface area contributed by atoms with Crippen molar-refractivity contribution >= 4 is 29.1 Å². The van der Waals surface area contributed by atoms with Gasteiger partial charge in [0.1, 0.15) is 6.54 Å². The molecule has 1 aliphatic rings. The maximum atomic E-state index is 12.5. The van der Waals surface area contributed by atoms with Gasteiger partial charge in [0.25, 0.3) is 5.56 Å². The molecule has 1 aromatic carbocycles. The third-order valence-electron chi connectivity index (χ3n) is 4.94. The van der Waals surface area contributed by atoms with E-state index in [0.29, 0.717) is 28.3 Å². The number of benzene rings is 1. The van der Waals surface area contributed by atoms with E-state index in [1.807, 2.05) is 13.0 Å². The van der Waals surface area contributed by atoms with E-state index in [4.69, 9.17) is 11.6 Å². The predicted octanol–water partition coefficient (Wildman–Crippen LogP) is 3.39. The summed E-state index contributed by atoms with van der Waals surface area (Å²) >= 11 is 6.12. The highest BCUT2D eigenvalue weighted by Gasteiger charge is 2.21. The van der Waals surface area contributed by atoms with E-state index < -0.39 is 0 Å². The zero-order valence-corrected chi connectivity index (χ0v) is 16.7. The topological polar surface area (TPSA) is 67.2 Å². The van der Waals surface area contributed by atoms with Crippen molar-refractivity contribution in [3.8, 4) is 0 Å². The smallest absolute Gasteiger partial charge is 0.255 e. The van der Waals surface area contributed by atoms with Gasteiger partial charge in [0.05, 0.1) is 0 Å². The molecule has 1 fully saturated rings. The van der Waals surface area contributed by atoms with Crippen molar-refractivity contribution in [3.05, 3.63) is 50.9 Å². The summed E-state index contributed by atoms with van der Waals surface area (Å²) in [6, 6.07) is 6.81. The number of aromatic nitrogens is 2. The average Bonchev–Trinajstić information content (AvgIpc) is 2.61. The molecule has 1 amide bonds. The van der Waals surface area contributed by atoms with Gasteiger partial charge in [-0.1, -0.05) is 24.6 Å². The first-order valence-electron chi connectivity index (χ1n) is 9.23. The summed E-state index contributed by atoms with van der Waals surface area (Å²) in [6.07, 6.45) is 2.11. The summed E-state index contributed by atoms with van der Waals surface area (Å²) in [7, 11) is 0. The number of piperidine rings is 1. The lowest BCUT2D eigenvalue weighted by atomic mass is 10.00. The van der Waals surface area contributed by atoms with Crippen LogP contribution in [0, 0.1) is 19.8 Å². The van der Waals surface area contributed by atoms with Crippen LogP contribution in [0.4, 0.5) is 11.6 Å². The van der Waals surface area contributed by atoms with Crippen molar-refractivity contribution in [1.82, 2.24) is 9.55 Å². The fourth-order valence-electron chi connectivity index (χ4n) is 3.22. The SMILES string of the molecule is Cc1cc(=O)n(CC(=O)Nc2ccc(C)c(Cl)c2)c(N2CCC(C)CC2)n1. The third kappa shape index (κ3) is 4.69. The monoisotopic (exact) mass is 388 g/mol. The standard InChI is InChI=1S/C20H25ClN4O2/c1-13-6-8-24(9-7-13)20-22-15(3)10-19(27)25(20)12-18(26)23-16-5-4-14(2)17(21)11-16/h4-5,10-11,13H,6-9,12H2,1-3H3,(H,23,26). The van der Waals surface area contributed by atoms with Gasteiger partial charge in [0, 0.05) is 35.6 Å². The van der Waals surface area contributed by atoms with Gasteiger partial charge >= 0.3 is 0 Å². The highest BCUT2D eigenvalue weighted by Crippen LogP contribution is 2.22. The number of carbonyl (C=O) groups excluding carboxylic acids is 1. The van der Waals surface area contributed by atoms with Crippen LogP contribution < -0.4 is 15.8 Å². The number of amides is 1. The Morgan fingerprint density at radius 1 is 1.26 bits per heavy atom. The summed E-state index contributed by atoms with van der Waals surface area (Å²) in [5, 5.41) is 3.40. The third-order valence-corrected chi connectivity index (χ3v) is 5.35. The molecular formula is C20H25ClN4O2. The average molecular weight is 389 g/mol. The van der Waals surface area contributed by atoms with Gasteiger partial charge < -0.3 is 10.2 Å². The lowest BCUT2D eigenvalue weighted by molar-refractivity contribution is -0.116. The molecule has 2 heterocycles. The van der Waals surface area contributed by atoms with Gasteiger partial charge in [-0.05, 0) is 50.3 Å². The van der Waals surface area contributed by atoms with Gasteiger partial charge in [-0.25, -0.2) is 4.98 Å². The second-order valence-corrected chi connectivity index (χ2v) is 7.71. The highest BCUT2D eigenvalue weighted by atomic mass is 35.5. The maximum Gasteiger partial charge on any atom is 0.255 e. The minimum Gasteiger partial charge on any atom is -0.342 e. The van der Waals surface area contributed by atoms with E-state index >= 15 is 0 Å². The number of anilines is 2. The molecule has 0 atom stereocenters. The van der Waals surface area contributed by atoms with Crippen LogP contribution in [0.2, 0.25) is 5.02 Å².